The van der Waals surface area contributed by atoms with E-state index in [1.165, 1.54) is 11.6 Å². The number of aryl methyl sites for hydroxylation is 1. The van der Waals surface area contributed by atoms with Crippen molar-refractivity contribution in [2.24, 2.45) is 11.8 Å². The average Bonchev–Trinajstić information content (AvgIpc) is 2.94. The van der Waals surface area contributed by atoms with Crippen LogP contribution >= 0.6 is 0 Å². The fraction of sp³-hybridized carbons (Fsp3) is 0.478. The van der Waals surface area contributed by atoms with E-state index >= 15 is 0 Å². The smallest absolute Gasteiger partial charge is 0.120 e. The summed E-state index contributed by atoms with van der Waals surface area (Å²) in [5.41, 5.74) is 1.19. The molecular formula is C23H30O4. The van der Waals surface area contributed by atoms with Crippen molar-refractivity contribution in [3.8, 4) is 0 Å². The molecule has 3 N–H and O–H groups in total. The van der Waals surface area contributed by atoms with Crippen LogP contribution in [0.3, 0.4) is 0 Å². The maximum absolute atomic E-state index is 10.3. The van der Waals surface area contributed by atoms with Gasteiger partial charge in [0.25, 0.3) is 0 Å². The van der Waals surface area contributed by atoms with Crippen LogP contribution in [0.25, 0.3) is 0 Å². The lowest BCUT2D eigenvalue weighted by Gasteiger charge is -2.19. The van der Waals surface area contributed by atoms with E-state index in [2.05, 4.69) is 0 Å². The van der Waals surface area contributed by atoms with Gasteiger partial charge in [-0.1, -0.05) is 54.6 Å². The van der Waals surface area contributed by atoms with Gasteiger partial charge < -0.3 is 15.3 Å². The van der Waals surface area contributed by atoms with Crippen LogP contribution in [0.15, 0.2) is 60.7 Å². The molecule has 1 aromatic rings. The van der Waals surface area contributed by atoms with Crippen LogP contribution in [-0.4, -0.2) is 39.6 Å². The first-order valence-electron chi connectivity index (χ1n) is 9.72. The van der Waals surface area contributed by atoms with Crippen molar-refractivity contribution < 1.29 is 20.1 Å². The molecule has 0 heterocycles. The van der Waals surface area contributed by atoms with Gasteiger partial charge in [-0.3, -0.25) is 0 Å². The second kappa shape index (κ2) is 11.7. The topological polar surface area (TPSA) is 77.8 Å². The minimum Gasteiger partial charge on any atom is -0.393 e. The summed E-state index contributed by atoms with van der Waals surface area (Å²) >= 11 is 0. The highest BCUT2D eigenvalue weighted by Crippen LogP contribution is 2.36. The molecule has 1 fully saturated rings. The molecule has 0 spiro atoms. The van der Waals surface area contributed by atoms with E-state index in [9.17, 15) is 20.1 Å². The minimum absolute atomic E-state index is 0.0598. The van der Waals surface area contributed by atoms with Gasteiger partial charge in [0, 0.05) is 18.4 Å². The van der Waals surface area contributed by atoms with Crippen molar-refractivity contribution >= 4 is 5.94 Å². The Labute approximate surface area is 161 Å². The summed E-state index contributed by atoms with van der Waals surface area (Å²) < 4.78 is 0. The molecular weight excluding hydrogens is 340 g/mol. The zero-order valence-electron chi connectivity index (χ0n) is 15.7. The third kappa shape index (κ3) is 7.28. The zero-order valence-corrected chi connectivity index (χ0v) is 15.7. The van der Waals surface area contributed by atoms with Gasteiger partial charge in [0.15, 0.2) is 0 Å². The number of aliphatic hydroxyl groups is 3. The van der Waals surface area contributed by atoms with Crippen LogP contribution < -0.4 is 0 Å². The molecule has 1 aliphatic rings. The molecule has 0 bridgehead atoms. The van der Waals surface area contributed by atoms with E-state index in [-0.39, 0.29) is 11.8 Å². The lowest BCUT2D eigenvalue weighted by Crippen LogP contribution is -2.20. The molecule has 5 atom stereocenters. The van der Waals surface area contributed by atoms with Crippen LogP contribution in [0.1, 0.15) is 37.7 Å². The number of rotatable bonds is 10. The normalized spacial score (nSPS) is 26.5. The van der Waals surface area contributed by atoms with Gasteiger partial charge >= 0.3 is 0 Å². The van der Waals surface area contributed by atoms with Gasteiger partial charge in [0.1, 0.15) is 5.94 Å². The van der Waals surface area contributed by atoms with Gasteiger partial charge in [0.2, 0.25) is 0 Å². The number of unbranched alkanes of at least 4 members (excludes halogenated alkanes) is 1. The van der Waals surface area contributed by atoms with Crippen molar-refractivity contribution in [1.82, 2.24) is 0 Å². The second-order valence-corrected chi connectivity index (χ2v) is 7.19. The van der Waals surface area contributed by atoms with E-state index in [0.717, 1.165) is 12.8 Å². The Bertz CT molecular complexity index is 646. The second-order valence-electron chi connectivity index (χ2n) is 7.19. The molecule has 2 rings (SSSR count). The summed E-state index contributed by atoms with van der Waals surface area (Å²) in [6.45, 7) is 0. The number of aliphatic hydroxyl groups excluding tert-OH is 3. The summed E-state index contributed by atoms with van der Waals surface area (Å²) in [7, 11) is 0. The van der Waals surface area contributed by atoms with Crippen molar-refractivity contribution in [3.63, 3.8) is 0 Å². The largest absolute Gasteiger partial charge is 0.393 e. The van der Waals surface area contributed by atoms with Gasteiger partial charge in [-0.25, -0.2) is 4.79 Å². The predicted molar refractivity (Wildman–Crippen MR) is 107 cm³/mol. The standard InChI is InChI=1S/C23H30O4/c24-16-8-3-1-2-7-11-20-21(23(27)17-22(20)26)15-14-19(25)13-12-18-9-5-4-6-10-18/h2,4-10,14-15,19-23,25-27H,1,3,11-13,17H2/b7-2-,15-14+/t19-,20+,21+,22-,23+/m0/s1. The Balaban J connectivity index is 1.85. The lowest BCUT2D eigenvalue weighted by atomic mass is 9.89. The summed E-state index contributed by atoms with van der Waals surface area (Å²) in [4.78, 5) is 10.1. The lowest BCUT2D eigenvalue weighted by molar-refractivity contribution is 0.120. The molecule has 0 saturated heterocycles. The number of hydrogen-bond donors (Lipinski definition) is 3. The summed E-state index contributed by atoms with van der Waals surface area (Å²) in [6, 6.07) is 10.0. The fourth-order valence-electron chi connectivity index (χ4n) is 3.63. The van der Waals surface area contributed by atoms with E-state index in [1.54, 1.807) is 12.0 Å². The SMILES string of the molecule is O=C=CCC/C=C\C[C@@H]1[C@@H](/C=C/[C@@H](O)CCc2ccccc2)[C@H](O)C[C@@H]1O. The average molecular weight is 370 g/mol. The number of hydrogen-bond acceptors (Lipinski definition) is 4. The van der Waals surface area contributed by atoms with Crippen LogP contribution in [0, 0.1) is 11.8 Å². The highest BCUT2D eigenvalue weighted by Gasteiger charge is 2.39. The van der Waals surface area contributed by atoms with Gasteiger partial charge in [-0.15, -0.1) is 0 Å². The molecule has 0 unspecified atom stereocenters. The fourth-order valence-corrected chi connectivity index (χ4v) is 3.63. The molecule has 146 valence electrons. The van der Waals surface area contributed by atoms with E-state index in [4.69, 9.17) is 0 Å². The highest BCUT2D eigenvalue weighted by atomic mass is 16.3. The molecule has 4 heteroatoms. The number of allylic oxidation sites excluding steroid dienone is 3. The Morgan fingerprint density at radius 1 is 1.11 bits per heavy atom. The van der Waals surface area contributed by atoms with Crippen LogP contribution in [0.4, 0.5) is 0 Å². The van der Waals surface area contributed by atoms with E-state index in [1.807, 2.05) is 48.6 Å². The first kappa shape index (κ1) is 21.3. The van der Waals surface area contributed by atoms with E-state index in [0.29, 0.717) is 25.7 Å². The van der Waals surface area contributed by atoms with Crippen LogP contribution in [0.2, 0.25) is 0 Å². The molecule has 1 aliphatic carbocycles. The Morgan fingerprint density at radius 3 is 2.63 bits per heavy atom. The zero-order chi connectivity index (χ0) is 19.5. The van der Waals surface area contributed by atoms with Crippen molar-refractivity contribution in [2.75, 3.05) is 0 Å². The molecule has 1 aromatic carbocycles. The van der Waals surface area contributed by atoms with Crippen molar-refractivity contribution in [3.05, 3.63) is 66.3 Å². The van der Waals surface area contributed by atoms with Crippen LogP contribution in [0.5, 0.6) is 0 Å². The Kier molecular flexibility index (Phi) is 9.23. The van der Waals surface area contributed by atoms with Gasteiger partial charge in [0.05, 0.1) is 18.3 Å². The third-order valence-electron chi connectivity index (χ3n) is 5.18. The monoisotopic (exact) mass is 370 g/mol. The van der Waals surface area contributed by atoms with Gasteiger partial charge in [-0.05, 0) is 43.6 Å². The molecule has 1 saturated carbocycles. The maximum Gasteiger partial charge on any atom is 0.120 e. The maximum atomic E-state index is 10.3. The number of carbonyl (C=O) groups excluding carboxylic acids is 1. The van der Waals surface area contributed by atoms with Crippen molar-refractivity contribution in [1.29, 1.82) is 0 Å². The van der Waals surface area contributed by atoms with E-state index < -0.39 is 18.3 Å². The first-order valence-corrected chi connectivity index (χ1v) is 9.72. The molecule has 4 nitrogen and oxygen atoms in total. The summed E-state index contributed by atoms with van der Waals surface area (Å²) in [6.07, 6.45) is 11.2. The molecule has 0 radical (unpaired) electrons. The van der Waals surface area contributed by atoms with Gasteiger partial charge in [-0.2, -0.15) is 0 Å². The first-order chi connectivity index (χ1) is 13.1. The molecule has 0 amide bonds. The predicted octanol–water partition coefficient (Wildman–Crippen LogP) is 3.01. The third-order valence-corrected chi connectivity index (χ3v) is 5.18. The number of benzene rings is 1. The molecule has 0 aromatic heterocycles. The van der Waals surface area contributed by atoms with Crippen molar-refractivity contribution in [2.45, 2.75) is 56.8 Å². The highest BCUT2D eigenvalue weighted by molar-refractivity contribution is 5.44. The molecule has 0 aliphatic heterocycles. The Morgan fingerprint density at radius 2 is 1.89 bits per heavy atom. The minimum atomic E-state index is -0.589. The molecule has 27 heavy (non-hydrogen) atoms. The quantitative estimate of drug-likeness (QED) is 0.336. The van der Waals surface area contributed by atoms with Crippen LogP contribution in [-0.2, 0) is 11.2 Å². The summed E-state index contributed by atoms with van der Waals surface area (Å²) in [5.74, 6) is 1.53. The summed E-state index contributed by atoms with van der Waals surface area (Å²) in [5, 5.41) is 30.7. The Hall–Kier alpha value is -1.97.